The lowest BCUT2D eigenvalue weighted by Crippen LogP contribution is -2.45. The van der Waals surface area contributed by atoms with Gasteiger partial charge in [0.1, 0.15) is 11.5 Å². The van der Waals surface area contributed by atoms with E-state index in [0.29, 0.717) is 21.7 Å². The first kappa shape index (κ1) is 48.1. The second-order valence-corrected chi connectivity index (χ2v) is 22.3. The van der Waals surface area contributed by atoms with Crippen LogP contribution in [0, 0.1) is 69.0 Å². The van der Waals surface area contributed by atoms with Crippen LogP contribution in [0.4, 0.5) is 0 Å². The van der Waals surface area contributed by atoms with Gasteiger partial charge in [-0.2, -0.15) is 0 Å². The van der Waals surface area contributed by atoms with Crippen molar-refractivity contribution >= 4 is 0 Å². The molecular weight excluding hydrogens is 765 g/mol. The molecule has 2 aromatic carbocycles. The Morgan fingerprint density at radius 1 is 0.413 bits per heavy atom. The Hall–Kier alpha value is -2.84. The van der Waals surface area contributed by atoms with Crippen LogP contribution >= 0.6 is 0 Å². The molecule has 63 heavy (non-hydrogen) atoms. The van der Waals surface area contributed by atoms with Crippen LogP contribution in [0.5, 0.6) is 11.5 Å². The molecule has 8 aliphatic rings. The molecule has 0 unspecified atom stereocenters. The van der Waals surface area contributed by atoms with Gasteiger partial charge in [0.2, 0.25) is 0 Å². The van der Waals surface area contributed by atoms with E-state index < -0.39 is 0 Å². The van der Waals surface area contributed by atoms with Crippen LogP contribution in [0.3, 0.4) is 0 Å². The zero-order chi connectivity index (χ0) is 43.9. The Morgan fingerprint density at radius 2 is 0.762 bits per heavy atom. The summed E-state index contributed by atoms with van der Waals surface area (Å²) in [5.74, 6) is 20.6. The van der Waals surface area contributed by atoms with Gasteiger partial charge < -0.3 is 9.47 Å². The molecule has 0 aromatic heterocycles. The minimum Gasteiger partial charge on any atom is -0.494 e. The first-order chi connectivity index (χ1) is 30.8. The van der Waals surface area contributed by atoms with E-state index >= 15 is 0 Å². The fourth-order valence-corrected chi connectivity index (χ4v) is 13.8. The van der Waals surface area contributed by atoms with Crippen LogP contribution in [0.1, 0.15) is 238 Å². The average molecular weight is 855 g/mol. The first-order valence-corrected chi connectivity index (χ1v) is 27.4. The number of hydrogen-bond donors (Lipinski definition) is 0. The third-order valence-electron chi connectivity index (χ3n) is 18.3. The minimum absolute atomic E-state index is 0.301. The van der Waals surface area contributed by atoms with Gasteiger partial charge in [0.25, 0.3) is 0 Å². The fourth-order valence-electron chi connectivity index (χ4n) is 13.8. The standard InChI is InChI=1S/C31H46O.C30H44O/c1-3-5-6-7-8-26-9-13-28(14-10-26)31-22-19-30(20-23-31,21-24-31)18-17-27-11-15-29(16-12-27)32-25-4-2;1-3-5-6-7-25-8-12-27(13-9-25)30-21-18-29(19-22-30,20-23-30)17-16-26-10-14-28(15-11-26)31-24-4-2/h11-12,15-16,26,28H,3-10,13-14,19-25H2,1-2H3;10-11,14-15,25,27H,3-9,12-13,18-24H2,1-2H3/t26-,28-,30?,31?;25-,27-,29?,30?. The number of fused-ring (bicyclic) bond motifs is 6. The largest absolute Gasteiger partial charge is 0.494 e. The van der Waals surface area contributed by atoms with Crippen molar-refractivity contribution in [1.82, 2.24) is 0 Å². The Balaban J connectivity index is 0.000000189. The summed E-state index contributed by atoms with van der Waals surface area (Å²) in [6, 6.07) is 16.8. The molecule has 0 amide bonds. The highest BCUT2D eigenvalue weighted by Crippen LogP contribution is 2.63. The summed E-state index contributed by atoms with van der Waals surface area (Å²) in [4.78, 5) is 0. The van der Waals surface area contributed by atoms with Crippen molar-refractivity contribution < 1.29 is 9.47 Å². The van der Waals surface area contributed by atoms with Crippen molar-refractivity contribution in [3.05, 3.63) is 59.7 Å². The van der Waals surface area contributed by atoms with Crippen molar-refractivity contribution in [2.75, 3.05) is 13.2 Å². The monoisotopic (exact) mass is 855 g/mol. The number of ether oxygens (including phenoxy) is 2. The topological polar surface area (TPSA) is 18.5 Å². The number of benzene rings is 2. The Morgan fingerprint density at radius 3 is 1.11 bits per heavy atom. The predicted octanol–water partition coefficient (Wildman–Crippen LogP) is 17.5. The zero-order valence-electron chi connectivity index (χ0n) is 41.1. The third-order valence-corrected chi connectivity index (χ3v) is 18.3. The molecule has 8 saturated carbocycles. The molecule has 8 fully saturated rings. The molecule has 0 N–H and O–H groups in total. The highest BCUT2D eigenvalue weighted by molar-refractivity contribution is 5.41. The highest BCUT2D eigenvalue weighted by Gasteiger charge is 2.53. The summed E-state index contributed by atoms with van der Waals surface area (Å²) in [5, 5.41) is 0. The van der Waals surface area contributed by atoms with Crippen LogP contribution in [0.15, 0.2) is 48.5 Å². The van der Waals surface area contributed by atoms with Gasteiger partial charge in [-0.25, -0.2) is 0 Å². The molecule has 10 rings (SSSR count). The second kappa shape index (κ2) is 23.6. The van der Waals surface area contributed by atoms with E-state index in [1.165, 1.54) is 186 Å². The first-order valence-electron chi connectivity index (χ1n) is 27.4. The molecule has 0 saturated heterocycles. The van der Waals surface area contributed by atoms with Gasteiger partial charge in [0.05, 0.1) is 13.2 Å². The van der Waals surface area contributed by atoms with Crippen molar-refractivity contribution in [2.45, 2.75) is 227 Å². The summed E-state index contributed by atoms with van der Waals surface area (Å²) in [7, 11) is 0. The van der Waals surface area contributed by atoms with Gasteiger partial charge in [-0.15, -0.1) is 0 Å². The van der Waals surface area contributed by atoms with Crippen molar-refractivity contribution in [3.8, 4) is 35.2 Å². The van der Waals surface area contributed by atoms with Gasteiger partial charge in [0, 0.05) is 22.0 Å². The van der Waals surface area contributed by atoms with E-state index in [9.17, 15) is 0 Å². The van der Waals surface area contributed by atoms with E-state index in [4.69, 9.17) is 9.47 Å². The Bertz CT molecular complexity index is 1710. The molecule has 346 valence electrons. The molecule has 2 aromatic rings. The zero-order valence-corrected chi connectivity index (χ0v) is 41.1. The molecule has 0 aliphatic heterocycles. The van der Waals surface area contributed by atoms with Crippen LogP contribution < -0.4 is 9.47 Å². The normalized spacial score (nSPS) is 32.0. The second-order valence-electron chi connectivity index (χ2n) is 22.3. The van der Waals surface area contributed by atoms with E-state index in [2.05, 4.69) is 99.9 Å². The quantitative estimate of drug-likeness (QED) is 0.117. The molecule has 2 nitrogen and oxygen atoms in total. The molecule has 2 heteroatoms. The summed E-state index contributed by atoms with van der Waals surface area (Å²) >= 11 is 0. The lowest BCUT2D eigenvalue weighted by molar-refractivity contribution is -0.0379. The van der Waals surface area contributed by atoms with Crippen LogP contribution in [0.2, 0.25) is 0 Å². The van der Waals surface area contributed by atoms with Crippen molar-refractivity contribution in [2.24, 2.45) is 45.3 Å². The minimum atomic E-state index is 0.301. The van der Waals surface area contributed by atoms with E-state index in [1.807, 2.05) is 0 Å². The summed E-state index contributed by atoms with van der Waals surface area (Å²) in [6.07, 6.45) is 43.9. The van der Waals surface area contributed by atoms with Gasteiger partial charge >= 0.3 is 0 Å². The smallest absolute Gasteiger partial charge is 0.119 e. The van der Waals surface area contributed by atoms with Crippen LogP contribution in [-0.4, -0.2) is 13.2 Å². The number of rotatable bonds is 17. The highest BCUT2D eigenvalue weighted by atomic mass is 16.5. The van der Waals surface area contributed by atoms with Crippen LogP contribution in [0.25, 0.3) is 0 Å². The summed E-state index contributed by atoms with van der Waals surface area (Å²) in [6.45, 7) is 10.5. The SMILES string of the molecule is CCCCCC[C@H]1CC[C@H](C23CCC(C#Cc4ccc(OCCC)cc4)(CC2)CC3)CC1.CCCCC[C@H]1CC[C@H](C23CCC(C#Cc4ccc(OCCC)cc4)(CC2)CC3)CC1. The number of unbranched alkanes of at least 4 members (excludes halogenated alkanes) is 5. The summed E-state index contributed by atoms with van der Waals surface area (Å²) in [5.41, 5.74) is 4.24. The molecule has 4 bridgehead atoms. The molecule has 8 aliphatic carbocycles. The molecular formula is C61H90O2. The van der Waals surface area contributed by atoms with E-state index in [0.717, 1.165) is 72.4 Å². The molecule has 0 spiro atoms. The average Bonchev–Trinajstić information content (AvgIpc) is 3.35. The van der Waals surface area contributed by atoms with Gasteiger partial charge in [0.15, 0.2) is 0 Å². The van der Waals surface area contributed by atoms with Gasteiger partial charge in [-0.1, -0.05) is 135 Å². The maximum absolute atomic E-state index is 5.71. The number of hydrogen-bond acceptors (Lipinski definition) is 2. The van der Waals surface area contributed by atoms with E-state index in [1.54, 1.807) is 0 Å². The predicted molar refractivity (Wildman–Crippen MR) is 267 cm³/mol. The van der Waals surface area contributed by atoms with E-state index in [-0.39, 0.29) is 0 Å². The van der Waals surface area contributed by atoms with Crippen LogP contribution in [-0.2, 0) is 0 Å². The Labute approximate surface area is 388 Å². The Kier molecular flexibility index (Phi) is 18.0. The van der Waals surface area contributed by atoms with Gasteiger partial charge in [-0.3, -0.25) is 0 Å². The molecule has 0 atom stereocenters. The maximum atomic E-state index is 5.71. The van der Waals surface area contributed by atoms with Crippen molar-refractivity contribution in [1.29, 1.82) is 0 Å². The lowest BCUT2D eigenvalue weighted by Gasteiger charge is -2.56. The van der Waals surface area contributed by atoms with Crippen molar-refractivity contribution in [3.63, 3.8) is 0 Å². The molecule has 0 radical (unpaired) electrons. The summed E-state index contributed by atoms with van der Waals surface area (Å²) < 4.78 is 11.4. The lowest BCUT2D eigenvalue weighted by atomic mass is 9.48. The van der Waals surface area contributed by atoms with Gasteiger partial charge in [-0.05, 0) is 199 Å². The fraction of sp³-hybridized carbons (Fsp3) is 0.738. The molecule has 0 heterocycles. The maximum Gasteiger partial charge on any atom is 0.119 e. The third kappa shape index (κ3) is 13.0.